The van der Waals surface area contributed by atoms with Gasteiger partial charge in [0.1, 0.15) is 0 Å². The second-order valence-corrected chi connectivity index (χ2v) is 28.9. The zero-order valence-corrected chi connectivity index (χ0v) is 34.4. The van der Waals surface area contributed by atoms with E-state index in [4.69, 9.17) is 17.0 Å². The number of benzene rings is 4. The molecule has 0 nitrogen and oxygen atoms in total. The van der Waals surface area contributed by atoms with Crippen LogP contribution in [0.25, 0.3) is 33.0 Å². The molecule has 0 unspecified atom stereocenters. The molecule has 6 rings (SSSR count). The molecule has 5 aromatic carbocycles. The number of hydrogen-bond acceptors (Lipinski definition) is 0. The third-order valence-corrected chi connectivity index (χ3v) is 13.7. The van der Waals surface area contributed by atoms with Crippen LogP contribution in [0.5, 0.6) is 0 Å². The van der Waals surface area contributed by atoms with E-state index in [-0.39, 0.29) is 0 Å². The van der Waals surface area contributed by atoms with Crippen LogP contribution >= 0.6 is 17.0 Å². The molecule has 44 heavy (non-hydrogen) atoms. The Bertz CT molecular complexity index is 1630. The van der Waals surface area contributed by atoms with E-state index in [0.717, 1.165) is 9.52 Å². The van der Waals surface area contributed by atoms with Gasteiger partial charge in [0, 0.05) is 0 Å². The van der Waals surface area contributed by atoms with Crippen LogP contribution in [0.1, 0.15) is 30.9 Å². The summed E-state index contributed by atoms with van der Waals surface area (Å²) in [7, 11) is 7.90. The normalized spacial score (nSPS) is 12.0. The summed E-state index contributed by atoms with van der Waals surface area (Å²) in [5, 5.41) is 8.86. The van der Waals surface area contributed by atoms with Crippen molar-refractivity contribution in [1.82, 2.24) is 0 Å². The summed E-state index contributed by atoms with van der Waals surface area (Å²) >= 11 is -0.826. The minimum atomic E-state index is -1.38. The van der Waals surface area contributed by atoms with Gasteiger partial charge in [-0.05, 0) is 18.9 Å². The van der Waals surface area contributed by atoms with Crippen LogP contribution in [0, 0.1) is 13.0 Å². The first-order valence-corrected chi connectivity index (χ1v) is 29.9. The summed E-state index contributed by atoms with van der Waals surface area (Å²) in [5.74, 6) is 0. The van der Waals surface area contributed by atoms with Crippen molar-refractivity contribution >= 4 is 74.2 Å². The van der Waals surface area contributed by atoms with Crippen molar-refractivity contribution in [3.05, 3.63) is 102 Å². The predicted molar refractivity (Wildman–Crippen MR) is 202 cm³/mol. The first-order chi connectivity index (χ1) is 20.9. The SMILES string of the molecule is CCCCc1cc2c(-c3cc([Si](C)(C)C)cc([Si](C)(C)C)c3)c(C)ccc2[cH-]1.[Cl][Zr+2][Cl].[c-]1cccc2c1[Si]c1ccccc1-2. The average Bonchev–Trinajstić information content (AvgIpc) is 3.57. The molecule has 2 radical (unpaired) electrons. The standard InChI is InChI=1S/C26H37Si2.C12H7Si.2ClH.Zr/c1-9-10-11-20-14-21-13-12-19(2)26(25(21)15-20)22-16-23(27(3,4)5)18-24(17-22)28(6,7)8;1-3-7-11-9(5-1)10-6-2-4-8-12(10)13-11;;;/h12-18H,9-11H2,1-8H3;1-7H;2*1H;/q2*-1;;;+4/p-2. The van der Waals surface area contributed by atoms with Gasteiger partial charge < -0.3 is 0 Å². The van der Waals surface area contributed by atoms with E-state index in [0.29, 0.717) is 0 Å². The molecule has 0 saturated heterocycles. The van der Waals surface area contributed by atoms with Crippen LogP contribution in [0.15, 0.2) is 84.9 Å². The van der Waals surface area contributed by atoms with Gasteiger partial charge in [0.2, 0.25) is 0 Å². The fraction of sp³-hybridized carbons (Fsp3) is 0.289. The molecule has 0 N–H and O–H groups in total. The van der Waals surface area contributed by atoms with E-state index < -0.39 is 37.0 Å². The Kier molecular flexibility index (Phi) is 12.5. The summed E-state index contributed by atoms with van der Waals surface area (Å²) in [5.41, 5.74) is 8.56. The Labute approximate surface area is 289 Å². The molecular formula is C38H44Cl2Si3Zr. The average molecular weight is 747 g/mol. The minimum Gasteiger partial charge on any atom is -0.184 e. The third-order valence-electron chi connectivity index (χ3n) is 8.26. The Morgan fingerprint density at radius 3 is 2.09 bits per heavy atom. The van der Waals surface area contributed by atoms with Crippen molar-refractivity contribution in [3.63, 3.8) is 0 Å². The van der Waals surface area contributed by atoms with E-state index in [1.54, 1.807) is 10.4 Å². The summed E-state index contributed by atoms with van der Waals surface area (Å²) in [6.07, 6.45) is 3.72. The number of aryl methyl sites for hydroxylation is 2. The van der Waals surface area contributed by atoms with Crippen molar-refractivity contribution in [3.8, 4) is 22.3 Å². The molecule has 6 heteroatoms. The molecule has 226 valence electrons. The van der Waals surface area contributed by atoms with Gasteiger partial charge >= 0.3 is 37.9 Å². The second-order valence-electron chi connectivity index (χ2n) is 13.7. The number of hydrogen-bond donors (Lipinski definition) is 0. The fourth-order valence-electron chi connectivity index (χ4n) is 5.73. The zero-order valence-electron chi connectivity index (χ0n) is 27.5. The van der Waals surface area contributed by atoms with Crippen molar-refractivity contribution in [2.24, 2.45) is 0 Å². The smallest absolute Gasteiger partial charge is 0.0920 e. The number of fused-ring (bicyclic) bond motifs is 4. The van der Waals surface area contributed by atoms with Crippen LogP contribution in [0.3, 0.4) is 0 Å². The van der Waals surface area contributed by atoms with Gasteiger partial charge in [0.15, 0.2) is 0 Å². The van der Waals surface area contributed by atoms with Crippen LogP contribution in [0.4, 0.5) is 0 Å². The molecule has 1 aliphatic heterocycles. The van der Waals surface area contributed by atoms with Crippen LogP contribution in [0.2, 0.25) is 39.3 Å². The zero-order chi connectivity index (χ0) is 32.1. The van der Waals surface area contributed by atoms with E-state index >= 15 is 0 Å². The second kappa shape index (κ2) is 15.5. The molecule has 0 aliphatic carbocycles. The van der Waals surface area contributed by atoms with Gasteiger partial charge in [-0.25, -0.2) is 0 Å². The Balaban J connectivity index is 0.000000226. The van der Waals surface area contributed by atoms with Crippen LogP contribution in [-0.2, 0) is 27.3 Å². The van der Waals surface area contributed by atoms with Crippen molar-refractivity contribution in [2.45, 2.75) is 72.4 Å². The van der Waals surface area contributed by atoms with Crippen molar-refractivity contribution in [1.29, 1.82) is 0 Å². The van der Waals surface area contributed by atoms with Crippen LogP contribution < -0.4 is 20.7 Å². The molecule has 0 fully saturated rings. The largest absolute Gasteiger partial charge is 0.184 e. The monoisotopic (exact) mass is 744 g/mol. The molecule has 0 bridgehead atoms. The molecule has 1 aliphatic rings. The van der Waals surface area contributed by atoms with Gasteiger partial charge in [-0.1, -0.05) is 134 Å². The predicted octanol–water partition coefficient (Wildman–Crippen LogP) is 9.47. The molecule has 0 atom stereocenters. The third kappa shape index (κ3) is 8.69. The maximum Gasteiger partial charge on any atom is 0.0920 e. The number of halogens is 2. The molecular weight excluding hydrogens is 703 g/mol. The summed E-state index contributed by atoms with van der Waals surface area (Å²) in [6.45, 7) is 19.4. The summed E-state index contributed by atoms with van der Waals surface area (Å²) in [6, 6.07) is 35.2. The van der Waals surface area contributed by atoms with Gasteiger partial charge in [-0.3, -0.25) is 0 Å². The Hall–Kier alpha value is -1.40. The van der Waals surface area contributed by atoms with E-state index in [9.17, 15) is 0 Å². The quantitative estimate of drug-likeness (QED) is 0.118. The fourth-order valence-corrected chi connectivity index (χ4v) is 9.53. The maximum absolute atomic E-state index is 4.93. The molecule has 0 saturated carbocycles. The van der Waals surface area contributed by atoms with Crippen LogP contribution in [-0.4, -0.2) is 25.7 Å². The summed E-state index contributed by atoms with van der Waals surface area (Å²) < 4.78 is 0. The minimum absolute atomic E-state index is 0.795. The van der Waals surface area contributed by atoms with Gasteiger partial charge in [-0.2, -0.15) is 35.5 Å². The number of rotatable bonds is 6. The van der Waals surface area contributed by atoms with E-state index in [2.05, 4.69) is 138 Å². The Morgan fingerprint density at radius 1 is 0.818 bits per heavy atom. The summed E-state index contributed by atoms with van der Waals surface area (Å²) in [4.78, 5) is 0. The molecule has 0 spiro atoms. The topological polar surface area (TPSA) is 0 Å². The molecule has 1 heterocycles. The maximum atomic E-state index is 4.93. The Morgan fingerprint density at radius 2 is 1.45 bits per heavy atom. The first kappa shape index (κ1) is 35.5. The van der Waals surface area contributed by atoms with Gasteiger partial charge in [0.25, 0.3) is 0 Å². The van der Waals surface area contributed by atoms with Crippen molar-refractivity contribution < 1.29 is 20.8 Å². The molecule has 0 amide bonds. The van der Waals surface area contributed by atoms with Crippen molar-refractivity contribution in [2.75, 3.05) is 0 Å². The first-order valence-electron chi connectivity index (χ1n) is 15.6. The molecule has 5 aromatic rings. The number of unbranched alkanes of at least 4 members (excludes halogenated alkanes) is 1. The van der Waals surface area contributed by atoms with Gasteiger partial charge in [0.05, 0.1) is 25.7 Å². The van der Waals surface area contributed by atoms with E-state index in [1.165, 1.54) is 73.8 Å². The van der Waals surface area contributed by atoms with Gasteiger partial charge in [-0.15, -0.1) is 40.1 Å². The van der Waals surface area contributed by atoms with E-state index in [1.807, 2.05) is 6.07 Å². The molecule has 0 aromatic heterocycles.